The summed E-state index contributed by atoms with van der Waals surface area (Å²) in [6, 6.07) is 19.9. The first-order chi connectivity index (χ1) is 15.7. The number of esters is 1. The molecule has 32 heavy (non-hydrogen) atoms. The van der Waals surface area contributed by atoms with Gasteiger partial charge in [0.25, 0.3) is 0 Å². The van der Waals surface area contributed by atoms with E-state index in [4.69, 9.17) is 4.74 Å². The Morgan fingerprint density at radius 3 is 2.56 bits per heavy atom. The number of amides is 2. The smallest absolute Gasteiger partial charge is 0.319 e. The standard InChI is InChI=1S/C25H24N4O3/c1-2-32-22(30)15-21(17-9-4-3-5-10-17)28-25(31)29-24-19-12-6-7-13-20(19)27-23(24)18-11-8-14-26-16-18/h3-14,16,21,27H,2,15H2,1H3,(H2,28,29,31)/t21-/m0/s1. The number of pyridine rings is 1. The number of urea groups is 1. The molecule has 0 aliphatic carbocycles. The number of para-hydroxylation sites is 1. The minimum Gasteiger partial charge on any atom is -0.466 e. The van der Waals surface area contributed by atoms with Gasteiger partial charge in [0, 0.05) is 28.9 Å². The lowest BCUT2D eigenvalue weighted by atomic mass is 10.0. The predicted molar refractivity (Wildman–Crippen MR) is 124 cm³/mol. The molecule has 2 aromatic carbocycles. The molecule has 0 aliphatic rings. The first-order valence-corrected chi connectivity index (χ1v) is 10.4. The van der Waals surface area contributed by atoms with Gasteiger partial charge in [0.15, 0.2) is 0 Å². The second kappa shape index (κ2) is 9.78. The summed E-state index contributed by atoms with van der Waals surface area (Å²) in [6.45, 7) is 2.04. The summed E-state index contributed by atoms with van der Waals surface area (Å²) < 4.78 is 5.09. The maximum absolute atomic E-state index is 13.1. The Hall–Kier alpha value is -4.13. The third-order valence-electron chi connectivity index (χ3n) is 5.08. The van der Waals surface area contributed by atoms with Crippen LogP contribution in [0.1, 0.15) is 24.9 Å². The first kappa shape index (κ1) is 21.1. The number of nitrogens with zero attached hydrogens (tertiary/aromatic N) is 1. The number of anilines is 1. The van der Waals surface area contributed by atoms with E-state index in [0.717, 1.165) is 27.7 Å². The third-order valence-corrected chi connectivity index (χ3v) is 5.08. The zero-order valence-electron chi connectivity index (χ0n) is 17.7. The van der Waals surface area contributed by atoms with E-state index in [1.807, 2.05) is 66.7 Å². The van der Waals surface area contributed by atoms with E-state index in [9.17, 15) is 9.59 Å². The molecule has 2 aromatic heterocycles. The van der Waals surface area contributed by atoms with Crippen molar-refractivity contribution in [2.45, 2.75) is 19.4 Å². The SMILES string of the molecule is CCOC(=O)C[C@H](NC(=O)Nc1c(-c2cccnc2)[nH]c2ccccc12)c1ccccc1. The monoisotopic (exact) mass is 428 g/mol. The molecular formula is C25H24N4O3. The fourth-order valence-electron chi connectivity index (χ4n) is 3.63. The number of carbonyl (C=O) groups excluding carboxylic acids is 2. The average Bonchev–Trinajstić information content (AvgIpc) is 3.18. The largest absolute Gasteiger partial charge is 0.466 e. The van der Waals surface area contributed by atoms with Crippen LogP contribution in [-0.2, 0) is 9.53 Å². The molecule has 162 valence electrons. The van der Waals surface area contributed by atoms with Crippen molar-refractivity contribution < 1.29 is 14.3 Å². The molecule has 0 fully saturated rings. The summed E-state index contributed by atoms with van der Waals surface area (Å²) >= 11 is 0. The number of hydrogen-bond acceptors (Lipinski definition) is 4. The van der Waals surface area contributed by atoms with Crippen molar-refractivity contribution in [3.63, 3.8) is 0 Å². The Labute approximate surface area is 185 Å². The Bertz CT molecular complexity index is 1210. The van der Waals surface area contributed by atoms with Gasteiger partial charge in [-0.2, -0.15) is 0 Å². The molecule has 0 radical (unpaired) electrons. The van der Waals surface area contributed by atoms with Crippen LogP contribution < -0.4 is 10.6 Å². The van der Waals surface area contributed by atoms with Crippen LogP contribution in [0.2, 0.25) is 0 Å². The summed E-state index contributed by atoms with van der Waals surface area (Å²) in [7, 11) is 0. The van der Waals surface area contributed by atoms with Crippen LogP contribution in [0.5, 0.6) is 0 Å². The van der Waals surface area contributed by atoms with Crippen molar-refractivity contribution >= 4 is 28.6 Å². The van der Waals surface area contributed by atoms with Crippen molar-refractivity contribution in [2.24, 2.45) is 0 Å². The minimum atomic E-state index is -0.526. The molecule has 2 amide bonds. The zero-order valence-corrected chi connectivity index (χ0v) is 17.7. The Balaban J connectivity index is 1.62. The van der Waals surface area contributed by atoms with Gasteiger partial charge in [-0.1, -0.05) is 48.5 Å². The van der Waals surface area contributed by atoms with Crippen LogP contribution in [0.25, 0.3) is 22.2 Å². The zero-order chi connectivity index (χ0) is 22.3. The Morgan fingerprint density at radius 2 is 1.81 bits per heavy atom. The summed E-state index contributed by atoms with van der Waals surface area (Å²) in [5.74, 6) is -0.371. The lowest BCUT2D eigenvalue weighted by Crippen LogP contribution is -2.34. The van der Waals surface area contributed by atoms with Crippen molar-refractivity contribution in [2.75, 3.05) is 11.9 Å². The number of H-pyrrole nitrogens is 1. The Kier molecular flexibility index (Phi) is 6.46. The summed E-state index contributed by atoms with van der Waals surface area (Å²) in [6.07, 6.45) is 3.47. The minimum absolute atomic E-state index is 0.0363. The highest BCUT2D eigenvalue weighted by molar-refractivity contribution is 6.07. The second-order valence-corrected chi connectivity index (χ2v) is 7.23. The van der Waals surface area contributed by atoms with Crippen molar-refractivity contribution in [1.29, 1.82) is 0 Å². The summed E-state index contributed by atoms with van der Waals surface area (Å²) in [5.41, 5.74) is 3.98. The molecule has 4 rings (SSSR count). The highest BCUT2D eigenvalue weighted by Crippen LogP contribution is 2.34. The topological polar surface area (TPSA) is 96.1 Å². The average molecular weight is 428 g/mol. The number of aromatic amines is 1. The summed E-state index contributed by atoms with van der Waals surface area (Å²) in [5, 5.41) is 6.78. The molecule has 3 N–H and O–H groups in total. The van der Waals surface area contributed by atoms with E-state index < -0.39 is 12.1 Å². The van der Waals surface area contributed by atoms with Crippen LogP contribution in [0.3, 0.4) is 0 Å². The van der Waals surface area contributed by atoms with Crippen LogP contribution >= 0.6 is 0 Å². The number of hydrogen-bond donors (Lipinski definition) is 3. The third kappa shape index (κ3) is 4.78. The first-order valence-electron chi connectivity index (χ1n) is 10.4. The van der Waals surface area contributed by atoms with E-state index >= 15 is 0 Å². The fraction of sp³-hybridized carbons (Fsp3) is 0.160. The number of ether oxygens (including phenoxy) is 1. The molecule has 0 saturated heterocycles. The molecule has 4 aromatic rings. The lowest BCUT2D eigenvalue weighted by molar-refractivity contribution is -0.143. The molecule has 7 heteroatoms. The Morgan fingerprint density at radius 1 is 1.03 bits per heavy atom. The highest BCUT2D eigenvalue weighted by atomic mass is 16.5. The van der Waals surface area contributed by atoms with Crippen LogP contribution in [-0.4, -0.2) is 28.6 Å². The molecule has 0 bridgehead atoms. The van der Waals surface area contributed by atoms with Crippen LogP contribution in [0.15, 0.2) is 79.1 Å². The lowest BCUT2D eigenvalue weighted by Gasteiger charge is -2.19. The van der Waals surface area contributed by atoms with E-state index in [0.29, 0.717) is 5.69 Å². The van der Waals surface area contributed by atoms with E-state index in [1.54, 1.807) is 19.3 Å². The second-order valence-electron chi connectivity index (χ2n) is 7.23. The van der Waals surface area contributed by atoms with Gasteiger partial charge in [-0.05, 0) is 30.7 Å². The number of fused-ring (bicyclic) bond motifs is 1. The molecule has 0 spiro atoms. The summed E-state index contributed by atoms with van der Waals surface area (Å²) in [4.78, 5) is 32.7. The molecule has 2 heterocycles. The van der Waals surface area contributed by atoms with E-state index in [-0.39, 0.29) is 19.0 Å². The molecular weight excluding hydrogens is 404 g/mol. The number of nitrogens with one attached hydrogen (secondary N) is 3. The molecule has 0 saturated carbocycles. The van der Waals surface area contributed by atoms with Gasteiger partial charge in [0.2, 0.25) is 0 Å². The molecule has 1 atom stereocenters. The normalized spacial score (nSPS) is 11.7. The quantitative estimate of drug-likeness (QED) is 0.359. The number of aromatic nitrogens is 2. The van der Waals surface area contributed by atoms with Crippen molar-refractivity contribution in [3.05, 3.63) is 84.7 Å². The number of carbonyl (C=O) groups is 2. The van der Waals surface area contributed by atoms with Gasteiger partial charge in [0.1, 0.15) is 0 Å². The van der Waals surface area contributed by atoms with E-state index in [1.165, 1.54) is 0 Å². The van der Waals surface area contributed by atoms with Crippen molar-refractivity contribution in [3.8, 4) is 11.3 Å². The van der Waals surface area contributed by atoms with Gasteiger partial charge in [-0.25, -0.2) is 4.79 Å². The molecule has 0 aliphatic heterocycles. The van der Waals surface area contributed by atoms with E-state index in [2.05, 4.69) is 20.6 Å². The highest BCUT2D eigenvalue weighted by Gasteiger charge is 2.21. The fourth-order valence-corrected chi connectivity index (χ4v) is 3.63. The number of benzene rings is 2. The maximum atomic E-state index is 13.1. The van der Waals surface area contributed by atoms with Gasteiger partial charge < -0.3 is 20.4 Å². The van der Waals surface area contributed by atoms with Gasteiger partial charge in [0.05, 0.1) is 30.5 Å². The van der Waals surface area contributed by atoms with Gasteiger partial charge in [-0.15, -0.1) is 0 Å². The molecule has 0 unspecified atom stereocenters. The predicted octanol–water partition coefficient (Wildman–Crippen LogP) is 5.05. The van der Waals surface area contributed by atoms with Gasteiger partial charge >= 0.3 is 12.0 Å². The van der Waals surface area contributed by atoms with Crippen LogP contribution in [0.4, 0.5) is 10.5 Å². The van der Waals surface area contributed by atoms with Crippen molar-refractivity contribution in [1.82, 2.24) is 15.3 Å². The van der Waals surface area contributed by atoms with Gasteiger partial charge in [-0.3, -0.25) is 9.78 Å². The maximum Gasteiger partial charge on any atom is 0.319 e. The molecule has 7 nitrogen and oxygen atoms in total. The van der Waals surface area contributed by atoms with Crippen LogP contribution in [0, 0.1) is 0 Å². The number of rotatable bonds is 7.